The van der Waals surface area contributed by atoms with Crippen LogP contribution in [0.5, 0.6) is 0 Å². The lowest BCUT2D eigenvalue weighted by atomic mass is 9.86. The third-order valence-corrected chi connectivity index (χ3v) is 5.54. The van der Waals surface area contributed by atoms with Crippen molar-refractivity contribution < 1.29 is 0 Å². The molecule has 2 aliphatic rings. The summed E-state index contributed by atoms with van der Waals surface area (Å²) in [6, 6.07) is 8.20. The zero-order valence-electron chi connectivity index (χ0n) is 13.2. The van der Waals surface area contributed by atoms with E-state index in [1.807, 2.05) is 0 Å². The van der Waals surface area contributed by atoms with Crippen molar-refractivity contribution in [1.82, 2.24) is 5.32 Å². The minimum Gasteiger partial charge on any atom is -0.371 e. The average Bonchev–Trinajstić information content (AvgIpc) is 3.29. The van der Waals surface area contributed by atoms with Crippen LogP contribution in [0.2, 0.25) is 0 Å². The summed E-state index contributed by atoms with van der Waals surface area (Å²) >= 11 is 3.65. The molecule has 1 aromatic rings. The Morgan fingerprint density at radius 3 is 2.76 bits per heavy atom. The molecule has 0 saturated heterocycles. The Hall–Kier alpha value is -0.540. The Morgan fingerprint density at radius 1 is 1.24 bits per heavy atom. The molecular formula is C18H27BrN2. The largest absolute Gasteiger partial charge is 0.371 e. The lowest BCUT2D eigenvalue weighted by Gasteiger charge is -2.36. The first-order valence-corrected chi connectivity index (χ1v) is 9.17. The summed E-state index contributed by atoms with van der Waals surface area (Å²) < 4.78 is 1.18. The maximum absolute atomic E-state index is 3.66. The van der Waals surface area contributed by atoms with Crippen LogP contribution in [0.25, 0.3) is 0 Å². The third kappa shape index (κ3) is 4.01. The van der Waals surface area contributed by atoms with E-state index in [9.17, 15) is 0 Å². The molecule has 2 fully saturated rings. The highest BCUT2D eigenvalue weighted by Gasteiger charge is 2.25. The molecule has 0 aliphatic heterocycles. The smallest absolute Gasteiger partial charge is 0.0423 e. The van der Waals surface area contributed by atoms with Gasteiger partial charge in [-0.15, -0.1) is 0 Å². The van der Waals surface area contributed by atoms with Crippen molar-refractivity contribution in [1.29, 1.82) is 0 Å². The molecule has 3 heteroatoms. The Balaban J connectivity index is 1.75. The van der Waals surface area contributed by atoms with Gasteiger partial charge >= 0.3 is 0 Å². The van der Waals surface area contributed by atoms with E-state index in [4.69, 9.17) is 0 Å². The molecule has 0 radical (unpaired) electrons. The van der Waals surface area contributed by atoms with E-state index >= 15 is 0 Å². The molecule has 0 amide bonds. The fraction of sp³-hybridized carbons (Fsp3) is 0.667. The first-order chi connectivity index (χ1) is 10.1. The van der Waals surface area contributed by atoms with E-state index in [2.05, 4.69) is 58.3 Å². The molecule has 21 heavy (non-hydrogen) atoms. The van der Waals surface area contributed by atoms with Gasteiger partial charge in [-0.2, -0.15) is 0 Å². The van der Waals surface area contributed by atoms with Crippen LogP contribution in [-0.4, -0.2) is 19.1 Å². The number of rotatable bonds is 5. The number of hydrogen-bond acceptors (Lipinski definition) is 2. The van der Waals surface area contributed by atoms with E-state index in [0.29, 0.717) is 6.04 Å². The van der Waals surface area contributed by atoms with Crippen LogP contribution in [0.3, 0.4) is 0 Å². The topological polar surface area (TPSA) is 15.3 Å². The Kier molecular flexibility index (Phi) is 4.90. The zero-order valence-corrected chi connectivity index (χ0v) is 14.8. The standard InChI is InChI=1S/C18H27BrN2/c1-13-4-3-5-17(10-13)21(2)18-11-15(19)7-6-14(18)12-20-16-8-9-16/h6-7,11,13,16-17,20H,3-5,8-10,12H2,1-2H3. The molecular weight excluding hydrogens is 324 g/mol. The zero-order chi connectivity index (χ0) is 14.8. The number of hydrogen-bond donors (Lipinski definition) is 1. The van der Waals surface area contributed by atoms with Gasteiger partial charge in [0.2, 0.25) is 0 Å². The molecule has 2 saturated carbocycles. The van der Waals surface area contributed by atoms with Gasteiger partial charge in [-0.05, 0) is 49.3 Å². The molecule has 2 nitrogen and oxygen atoms in total. The number of anilines is 1. The Labute approximate surface area is 137 Å². The summed E-state index contributed by atoms with van der Waals surface area (Å²) in [5.41, 5.74) is 2.84. The van der Waals surface area contributed by atoms with Gasteiger partial charge < -0.3 is 10.2 Å². The van der Waals surface area contributed by atoms with E-state index in [-0.39, 0.29) is 0 Å². The SMILES string of the molecule is CC1CCCC(N(C)c2cc(Br)ccc2CNC2CC2)C1. The fourth-order valence-corrected chi connectivity index (χ4v) is 3.86. The molecule has 1 aromatic carbocycles. The predicted molar refractivity (Wildman–Crippen MR) is 93.8 cm³/mol. The van der Waals surface area contributed by atoms with Gasteiger partial charge in [-0.3, -0.25) is 0 Å². The second-order valence-corrected chi connectivity index (χ2v) is 7.88. The number of nitrogens with one attached hydrogen (secondary N) is 1. The number of nitrogens with zero attached hydrogens (tertiary/aromatic N) is 1. The lowest BCUT2D eigenvalue weighted by molar-refractivity contribution is 0.336. The van der Waals surface area contributed by atoms with E-state index in [1.54, 1.807) is 0 Å². The van der Waals surface area contributed by atoms with Crippen molar-refractivity contribution in [2.45, 2.75) is 64.1 Å². The maximum atomic E-state index is 3.66. The first-order valence-electron chi connectivity index (χ1n) is 8.38. The van der Waals surface area contributed by atoms with Crippen molar-refractivity contribution in [2.75, 3.05) is 11.9 Å². The van der Waals surface area contributed by atoms with Gasteiger partial charge in [0, 0.05) is 35.8 Å². The summed E-state index contributed by atoms with van der Waals surface area (Å²) in [6.45, 7) is 3.40. The Morgan fingerprint density at radius 2 is 2.05 bits per heavy atom. The van der Waals surface area contributed by atoms with Crippen molar-refractivity contribution in [3.8, 4) is 0 Å². The summed E-state index contributed by atoms with van der Waals surface area (Å²) in [6.07, 6.45) is 8.14. The molecule has 1 N–H and O–H groups in total. The van der Waals surface area contributed by atoms with Crippen LogP contribution in [0.1, 0.15) is 51.0 Å². The molecule has 0 heterocycles. The van der Waals surface area contributed by atoms with Gasteiger partial charge in [-0.1, -0.05) is 41.8 Å². The second-order valence-electron chi connectivity index (χ2n) is 6.96. The highest BCUT2D eigenvalue weighted by atomic mass is 79.9. The highest BCUT2D eigenvalue weighted by molar-refractivity contribution is 9.10. The average molecular weight is 351 g/mol. The monoisotopic (exact) mass is 350 g/mol. The third-order valence-electron chi connectivity index (χ3n) is 5.04. The summed E-state index contributed by atoms with van der Waals surface area (Å²) in [4.78, 5) is 2.53. The molecule has 3 rings (SSSR count). The van der Waals surface area contributed by atoms with E-state index < -0.39 is 0 Å². The predicted octanol–water partition coefficient (Wildman–Crippen LogP) is 4.72. The first kappa shape index (κ1) is 15.4. The van der Waals surface area contributed by atoms with Crippen LogP contribution in [0.4, 0.5) is 5.69 Å². The van der Waals surface area contributed by atoms with Gasteiger partial charge in [0.15, 0.2) is 0 Å². The lowest BCUT2D eigenvalue weighted by Crippen LogP contribution is -2.36. The minimum atomic E-state index is 0.697. The van der Waals surface area contributed by atoms with E-state index in [1.165, 1.54) is 54.2 Å². The van der Waals surface area contributed by atoms with E-state index in [0.717, 1.165) is 18.5 Å². The van der Waals surface area contributed by atoms with Crippen LogP contribution < -0.4 is 10.2 Å². The number of halogens is 1. The summed E-state index contributed by atoms with van der Waals surface area (Å²) in [5, 5.41) is 3.66. The molecule has 116 valence electrons. The minimum absolute atomic E-state index is 0.697. The molecule has 2 atom stereocenters. The normalized spacial score (nSPS) is 25.9. The second kappa shape index (κ2) is 6.70. The van der Waals surface area contributed by atoms with Crippen LogP contribution in [0.15, 0.2) is 22.7 Å². The van der Waals surface area contributed by atoms with Crippen LogP contribution in [-0.2, 0) is 6.54 Å². The summed E-state index contributed by atoms with van der Waals surface area (Å²) in [5.74, 6) is 0.867. The van der Waals surface area contributed by atoms with Crippen LogP contribution in [0, 0.1) is 5.92 Å². The summed E-state index contributed by atoms with van der Waals surface area (Å²) in [7, 11) is 2.28. The number of benzene rings is 1. The highest BCUT2D eigenvalue weighted by Crippen LogP contribution is 2.33. The van der Waals surface area contributed by atoms with Crippen LogP contribution >= 0.6 is 15.9 Å². The molecule has 0 aromatic heterocycles. The van der Waals surface area contributed by atoms with Gasteiger partial charge in [0.25, 0.3) is 0 Å². The van der Waals surface area contributed by atoms with Crippen molar-refractivity contribution in [3.63, 3.8) is 0 Å². The van der Waals surface area contributed by atoms with Crippen molar-refractivity contribution >= 4 is 21.6 Å². The molecule has 0 bridgehead atoms. The van der Waals surface area contributed by atoms with Crippen molar-refractivity contribution in [2.24, 2.45) is 5.92 Å². The van der Waals surface area contributed by atoms with Gasteiger partial charge in [0.05, 0.1) is 0 Å². The van der Waals surface area contributed by atoms with Gasteiger partial charge in [-0.25, -0.2) is 0 Å². The van der Waals surface area contributed by atoms with Crippen molar-refractivity contribution in [3.05, 3.63) is 28.2 Å². The molecule has 2 unspecified atom stereocenters. The van der Waals surface area contributed by atoms with Gasteiger partial charge in [0.1, 0.15) is 0 Å². The quantitative estimate of drug-likeness (QED) is 0.826. The molecule has 0 spiro atoms. The fourth-order valence-electron chi connectivity index (χ4n) is 3.51. The Bertz CT molecular complexity index is 484. The molecule has 2 aliphatic carbocycles. The maximum Gasteiger partial charge on any atom is 0.0423 e.